The molecule has 1 aromatic carbocycles. The molecule has 0 unspecified atom stereocenters. The summed E-state index contributed by atoms with van der Waals surface area (Å²) in [5.41, 5.74) is 8.94. The summed E-state index contributed by atoms with van der Waals surface area (Å²) in [6.07, 6.45) is 1.36. The Hall–Kier alpha value is -1.93. The number of anilines is 1. The van der Waals surface area contributed by atoms with Gasteiger partial charge in [-0.2, -0.15) is 5.10 Å². The van der Waals surface area contributed by atoms with E-state index >= 15 is 0 Å². The zero-order valence-corrected chi connectivity index (χ0v) is 12.8. The van der Waals surface area contributed by atoms with Gasteiger partial charge >= 0.3 is 0 Å². The highest BCUT2D eigenvalue weighted by molar-refractivity contribution is 9.10. The topological polar surface area (TPSA) is 101 Å². The molecular weight excluding hydrogens is 344 g/mol. The van der Waals surface area contributed by atoms with Crippen LogP contribution in [0.4, 0.5) is 5.13 Å². The van der Waals surface area contributed by atoms with Gasteiger partial charge in [0.15, 0.2) is 5.13 Å². The minimum atomic E-state index is -0.387. The highest BCUT2D eigenvalue weighted by Gasteiger charge is 2.13. The van der Waals surface area contributed by atoms with Crippen LogP contribution in [0, 0.1) is 6.92 Å². The molecule has 0 radical (unpaired) electrons. The molecule has 0 aliphatic heterocycles. The Bertz CT molecular complexity index is 684. The molecule has 20 heavy (non-hydrogen) atoms. The fourth-order valence-corrected chi connectivity index (χ4v) is 2.57. The Morgan fingerprint density at radius 2 is 2.35 bits per heavy atom. The summed E-state index contributed by atoms with van der Waals surface area (Å²) in [4.78, 5) is 16.2. The molecule has 1 amide bonds. The number of thiazole rings is 1. The molecule has 0 atom stereocenters. The maximum Gasteiger partial charge on any atom is 0.283 e. The van der Waals surface area contributed by atoms with Crippen LogP contribution in [-0.4, -0.2) is 22.2 Å². The summed E-state index contributed by atoms with van der Waals surface area (Å²) in [6.45, 7) is 1.70. The van der Waals surface area contributed by atoms with Crippen molar-refractivity contribution < 1.29 is 9.90 Å². The quantitative estimate of drug-likeness (QED) is 0.581. The number of aromatic nitrogens is 1. The van der Waals surface area contributed by atoms with E-state index in [1.807, 2.05) is 0 Å². The first kappa shape index (κ1) is 14.5. The molecule has 2 rings (SSSR count). The number of phenols is 1. The van der Waals surface area contributed by atoms with Crippen LogP contribution in [0.3, 0.4) is 0 Å². The van der Waals surface area contributed by atoms with E-state index in [1.165, 1.54) is 12.3 Å². The standard InChI is InChI=1S/C12H11BrN4O2S/c1-6-10(20-12(14)16-6)11(19)17-15-5-7-4-8(13)2-3-9(7)18/h2-5,18H,1H3,(H2,14,16)(H,17,19)/b15-5-. The van der Waals surface area contributed by atoms with Crippen LogP contribution in [0.25, 0.3) is 0 Å². The Kier molecular flexibility index (Phi) is 4.35. The first-order valence-electron chi connectivity index (χ1n) is 5.52. The molecule has 6 nitrogen and oxygen atoms in total. The third kappa shape index (κ3) is 3.34. The number of halogens is 1. The van der Waals surface area contributed by atoms with Crippen LogP contribution in [0.1, 0.15) is 20.9 Å². The van der Waals surface area contributed by atoms with Crippen molar-refractivity contribution in [3.8, 4) is 5.75 Å². The van der Waals surface area contributed by atoms with E-state index in [9.17, 15) is 9.90 Å². The number of hydrazone groups is 1. The van der Waals surface area contributed by atoms with Crippen LogP contribution < -0.4 is 11.2 Å². The van der Waals surface area contributed by atoms with Crippen molar-refractivity contribution in [2.24, 2.45) is 5.10 Å². The van der Waals surface area contributed by atoms with Gasteiger partial charge in [0.05, 0.1) is 11.9 Å². The number of benzene rings is 1. The number of aromatic hydroxyl groups is 1. The van der Waals surface area contributed by atoms with Gasteiger partial charge < -0.3 is 10.8 Å². The minimum Gasteiger partial charge on any atom is -0.507 e. The maximum atomic E-state index is 11.8. The summed E-state index contributed by atoms with van der Waals surface area (Å²) >= 11 is 4.38. The number of rotatable bonds is 3. The Morgan fingerprint density at radius 1 is 1.60 bits per heavy atom. The fraction of sp³-hybridized carbons (Fsp3) is 0.0833. The van der Waals surface area contributed by atoms with Crippen LogP contribution in [0.2, 0.25) is 0 Å². The summed E-state index contributed by atoms with van der Waals surface area (Å²) in [5, 5.41) is 13.8. The number of aryl methyl sites for hydroxylation is 1. The molecule has 0 fully saturated rings. The smallest absolute Gasteiger partial charge is 0.283 e. The van der Waals surface area contributed by atoms with Crippen molar-refractivity contribution in [2.75, 3.05) is 5.73 Å². The molecule has 0 aliphatic carbocycles. The summed E-state index contributed by atoms with van der Waals surface area (Å²) < 4.78 is 0.800. The first-order chi connectivity index (χ1) is 9.47. The van der Waals surface area contributed by atoms with E-state index in [1.54, 1.807) is 19.1 Å². The van der Waals surface area contributed by atoms with Gasteiger partial charge in [-0.05, 0) is 25.1 Å². The molecule has 0 bridgehead atoms. The van der Waals surface area contributed by atoms with Crippen LogP contribution in [-0.2, 0) is 0 Å². The van der Waals surface area contributed by atoms with Gasteiger partial charge in [-0.3, -0.25) is 4.79 Å². The lowest BCUT2D eigenvalue weighted by Gasteiger charge is -2.00. The molecular formula is C12H11BrN4O2S. The number of carbonyl (C=O) groups excluding carboxylic acids is 1. The molecule has 104 valence electrons. The van der Waals surface area contributed by atoms with Gasteiger partial charge in [-0.25, -0.2) is 10.4 Å². The third-order valence-corrected chi connectivity index (χ3v) is 3.86. The molecule has 0 saturated heterocycles. The maximum absolute atomic E-state index is 11.8. The van der Waals surface area contributed by atoms with E-state index in [-0.39, 0.29) is 11.7 Å². The zero-order valence-electron chi connectivity index (χ0n) is 10.4. The lowest BCUT2D eigenvalue weighted by atomic mass is 10.2. The Labute approximate surface area is 127 Å². The second-order valence-corrected chi connectivity index (χ2v) is 5.82. The van der Waals surface area contributed by atoms with Crippen molar-refractivity contribution >= 4 is 44.5 Å². The van der Waals surface area contributed by atoms with Crippen molar-refractivity contribution in [1.82, 2.24) is 10.4 Å². The number of nitrogens with two attached hydrogens (primary N) is 1. The van der Waals surface area contributed by atoms with E-state index in [0.29, 0.717) is 21.3 Å². The average molecular weight is 355 g/mol. The highest BCUT2D eigenvalue weighted by Crippen LogP contribution is 2.20. The number of hydrogen-bond acceptors (Lipinski definition) is 6. The summed E-state index contributed by atoms with van der Waals surface area (Å²) in [7, 11) is 0. The predicted molar refractivity (Wildman–Crippen MR) is 82.1 cm³/mol. The summed E-state index contributed by atoms with van der Waals surface area (Å²) in [5.74, 6) is -0.313. The molecule has 4 N–H and O–H groups in total. The lowest BCUT2D eigenvalue weighted by Crippen LogP contribution is -2.17. The van der Waals surface area contributed by atoms with Gasteiger partial charge in [-0.1, -0.05) is 27.3 Å². The van der Waals surface area contributed by atoms with Crippen molar-refractivity contribution in [3.05, 3.63) is 38.8 Å². The molecule has 8 heteroatoms. The van der Waals surface area contributed by atoms with E-state index in [4.69, 9.17) is 5.73 Å². The van der Waals surface area contributed by atoms with Crippen molar-refractivity contribution in [3.63, 3.8) is 0 Å². The van der Waals surface area contributed by atoms with Gasteiger partial charge in [0.25, 0.3) is 5.91 Å². The van der Waals surface area contributed by atoms with Crippen molar-refractivity contribution in [1.29, 1.82) is 0 Å². The number of nitrogens with zero attached hydrogens (tertiary/aromatic N) is 2. The summed E-state index contributed by atoms with van der Waals surface area (Å²) in [6, 6.07) is 4.91. The first-order valence-corrected chi connectivity index (χ1v) is 7.13. The number of nitrogens with one attached hydrogen (secondary N) is 1. The van der Waals surface area contributed by atoms with Crippen LogP contribution >= 0.6 is 27.3 Å². The Morgan fingerprint density at radius 3 is 3.00 bits per heavy atom. The Balaban J connectivity index is 2.08. The second-order valence-electron chi connectivity index (χ2n) is 3.87. The largest absolute Gasteiger partial charge is 0.507 e. The lowest BCUT2D eigenvalue weighted by molar-refractivity contribution is 0.0958. The van der Waals surface area contributed by atoms with Crippen LogP contribution in [0.5, 0.6) is 5.75 Å². The monoisotopic (exact) mass is 354 g/mol. The molecule has 0 spiro atoms. The highest BCUT2D eigenvalue weighted by atomic mass is 79.9. The van der Waals surface area contributed by atoms with E-state index < -0.39 is 0 Å². The average Bonchev–Trinajstić information content (AvgIpc) is 2.72. The molecule has 0 aliphatic rings. The molecule has 0 saturated carbocycles. The third-order valence-electron chi connectivity index (χ3n) is 2.38. The number of phenolic OH excluding ortho intramolecular Hbond substituents is 1. The van der Waals surface area contributed by atoms with Gasteiger partial charge in [0, 0.05) is 10.0 Å². The number of nitrogen functional groups attached to an aromatic ring is 1. The molecule has 1 aromatic heterocycles. The second kappa shape index (κ2) is 6.02. The molecule has 2 aromatic rings. The van der Waals surface area contributed by atoms with E-state index in [0.717, 1.165) is 15.8 Å². The van der Waals surface area contributed by atoms with Crippen LogP contribution in [0.15, 0.2) is 27.8 Å². The fourth-order valence-electron chi connectivity index (χ4n) is 1.47. The molecule has 1 heterocycles. The minimum absolute atomic E-state index is 0.0735. The normalized spacial score (nSPS) is 10.9. The SMILES string of the molecule is Cc1nc(N)sc1C(=O)N/N=C\c1cc(Br)ccc1O. The van der Waals surface area contributed by atoms with Gasteiger partial charge in [-0.15, -0.1) is 0 Å². The van der Waals surface area contributed by atoms with Crippen molar-refractivity contribution in [2.45, 2.75) is 6.92 Å². The van der Waals surface area contributed by atoms with Gasteiger partial charge in [0.1, 0.15) is 10.6 Å². The predicted octanol–water partition coefficient (Wildman–Crippen LogP) is 2.27. The zero-order chi connectivity index (χ0) is 14.7. The van der Waals surface area contributed by atoms with Gasteiger partial charge in [0.2, 0.25) is 0 Å². The number of carbonyl (C=O) groups is 1. The number of hydrogen-bond donors (Lipinski definition) is 3. The number of amides is 1. The van der Waals surface area contributed by atoms with E-state index in [2.05, 4.69) is 31.4 Å².